The van der Waals surface area contributed by atoms with Crippen molar-refractivity contribution < 1.29 is 13.9 Å². The average molecular weight is 409 g/mol. The summed E-state index contributed by atoms with van der Waals surface area (Å²) >= 11 is 6.83. The second kappa shape index (κ2) is 8.81. The minimum Gasteiger partial charge on any atom is -0.409 e. The van der Waals surface area contributed by atoms with Gasteiger partial charge in [0.1, 0.15) is 16.6 Å². The number of carbonyl (C=O) groups is 1. The highest BCUT2D eigenvalue weighted by atomic mass is 32.2. The van der Waals surface area contributed by atoms with Crippen molar-refractivity contribution in [3.8, 4) is 5.75 Å². The molecule has 6 nitrogen and oxygen atoms in total. The van der Waals surface area contributed by atoms with Gasteiger partial charge in [0.2, 0.25) is 0 Å². The van der Waals surface area contributed by atoms with Crippen LogP contribution in [0.4, 0.5) is 9.18 Å². The fourth-order valence-corrected chi connectivity index (χ4v) is 3.77. The Labute approximate surface area is 167 Å². The highest BCUT2D eigenvalue weighted by Crippen LogP contribution is 2.33. The molecule has 27 heavy (non-hydrogen) atoms. The van der Waals surface area contributed by atoms with E-state index in [1.165, 1.54) is 28.8 Å². The number of hydrogen-bond donors (Lipinski definition) is 1. The van der Waals surface area contributed by atoms with Crippen LogP contribution < -0.4 is 10.2 Å². The number of hydrogen-bond acceptors (Lipinski definition) is 6. The number of carbonyl (C=O) groups excluding carboxylic acids is 1. The molecule has 0 bridgehead atoms. The van der Waals surface area contributed by atoms with E-state index < -0.39 is 11.9 Å². The molecule has 0 aromatic heterocycles. The first-order chi connectivity index (χ1) is 13.0. The molecule has 0 unspecified atom stereocenters. The standard InChI is InChI=1S/C18H21FN4O2S2/c1-3-22(2)18(24)25-14-11-13(19)7-6-12(14)10-15-16(26)21-17(27-15)23-9-5-4-8-20-23/h6-7,10-11,20H,3-5,8-9H2,1-2H3. The molecule has 9 heteroatoms. The number of amides is 1. The van der Waals surface area contributed by atoms with Crippen LogP contribution in [0, 0.1) is 5.82 Å². The summed E-state index contributed by atoms with van der Waals surface area (Å²) < 4.78 is 19.0. The molecular weight excluding hydrogens is 387 g/mol. The van der Waals surface area contributed by atoms with Crippen LogP contribution in [0.5, 0.6) is 5.75 Å². The van der Waals surface area contributed by atoms with Gasteiger partial charge in [-0.05, 0) is 49.7 Å². The van der Waals surface area contributed by atoms with Gasteiger partial charge in [-0.15, -0.1) is 0 Å². The maximum Gasteiger partial charge on any atom is 0.414 e. The quantitative estimate of drug-likeness (QED) is 0.609. The first-order valence-electron chi connectivity index (χ1n) is 8.74. The molecule has 0 spiro atoms. The summed E-state index contributed by atoms with van der Waals surface area (Å²) in [5.74, 6) is -0.323. The van der Waals surface area contributed by atoms with E-state index >= 15 is 0 Å². The number of benzene rings is 1. The van der Waals surface area contributed by atoms with Gasteiger partial charge in [0.05, 0.1) is 4.91 Å². The average Bonchev–Trinajstić information content (AvgIpc) is 3.04. The Morgan fingerprint density at radius 1 is 1.52 bits per heavy atom. The van der Waals surface area contributed by atoms with E-state index in [1.54, 1.807) is 19.2 Å². The highest BCUT2D eigenvalue weighted by molar-refractivity contribution is 8.19. The van der Waals surface area contributed by atoms with Crippen LogP contribution in [0.1, 0.15) is 25.3 Å². The number of thioether (sulfide) groups is 1. The zero-order valence-corrected chi connectivity index (χ0v) is 16.8. The van der Waals surface area contributed by atoms with Gasteiger partial charge in [-0.3, -0.25) is 5.01 Å². The van der Waals surface area contributed by atoms with E-state index in [0.717, 1.165) is 36.0 Å². The number of nitrogens with one attached hydrogen (secondary N) is 1. The summed E-state index contributed by atoms with van der Waals surface area (Å²) in [6.45, 7) is 4.11. The number of rotatable bonds is 3. The predicted molar refractivity (Wildman–Crippen MR) is 110 cm³/mol. The molecule has 1 N–H and O–H groups in total. The smallest absolute Gasteiger partial charge is 0.409 e. The Bertz CT molecular complexity index is 807. The lowest BCUT2D eigenvalue weighted by atomic mass is 10.2. The van der Waals surface area contributed by atoms with Crippen molar-refractivity contribution in [3.05, 3.63) is 34.5 Å². The number of ether oxygens (including phenoxy) is 1. The van der Waals surface area contributed by atoms with E-state index in [4.69, 9.17) is 17.0 Å². The minimum absolute atomic E-state index is 0.153. The third-order valence-electron chi connectivity index (χ3n) is 4.20. The van der Waals surface area contributed by atoms with E-state index in [-0.39, 0.29) is 5.75 Å². The maximum atomic E-state index is 13.7. The molecule has 2 aliphatic rings. The Balaban J connectivity index is 1.80. The van der Waals surface area contributed by atoms with Gasteiger partial charge in [-0.1, -0.05) is 12.2 Å². The Morgan fingerprint density at radius 2 is 2.33 bits per heavy atom. The van der Waals surface area contributed by atoms with Gasteiger partial charge in [-0.25, -0.2) is 19.6 Å². The molecule has 0 radical (unpaired) electrons. The third-order valence-corrected chi connectivity index (χ3v) is 5.66. The van der Waals surface area contributed by atoms with E-state index in [1.807, 2.05) is 11.9 Å². The van der Waals surface area contributed by atoms with E-state index in [9.17, 15) is 9.18 Å². The van der Waals surface area contributed by atoms with Crippen LogP contribution in [0.3, 0.4) is 0 Å². The minimum atomic E-state index is -0.543. The molecule has 0 aliphatic carbocycles. The summed E-state index contributed by atoms with van der Waals surface area (Å²) in [5, 5.41) is 2.81. The molecule has 1 aromatic rings. The van der Waals surface area contributed by atoms with Gasteiger partial charge < -0.3 is 9.64 Å². The monoisotopic (exact) mass is 408 g/mol. The van der Waals surface area contributed by atoms with Crippen molar-refractivity contribution in [1.29, 1.82) is 0 Å². The lowest BCUT2D eigenvalue weighted by Gasteiger charge is -2.28. The zero-order valence-electron chi connectivity index (χ0n) is 15.2. The fraction of sp³-hybridized carbons (Fsp3) is 0.389. The maximum absolute atomic E-state index is 13.7. The van der Waals surface area contributed by atoms with Crippen LogP contribution >= 0.6 is 24.0 Å². The first-order valence-corrected chi connectivity index (χ1v) is 9.96. The number of amidine groups is 1. The number of hydrazine groups is 1. The van der Waals surface area contributed by atoms with Crippen molar-refractivity contribution in [1.82, 2.24) is 15.3 Å². The number of nitrogens with zero attached hydrogens (tertiary/aromatic N) is 3. The van der Waals surface area contributed by atoms with Crippen molar-refractivity contribution in [2.24, 2.45) is 4.99 Å². The second-order valence-electron chi connectivity index (χ2n) is 6.14. The molecule has 1 fully saturated rings. The predicted octanol–water partition coefficient (Wildman–Crippen LogP) is 3.65. The largest absolute Gasteiger partial charge is 0.414 e. The molecule has 2 aliphatic heterocycles. The van der Waals surface area contributed by atoms with Crippen LogP contribution in [0.2, 0.25) is 0 Å². The fourth-order valence-electron chi connectivity index (χ4n) is 2.52. The summed E-state index contributed by atoms with van der Waals surface area (Å²) in [7, 11) is 1.62. The Hall–Kier alpha value is -1.97. The van der Waals surface area contributed by atoms with Crippen LogP contribution in [-0.4, -0.2) is 52.8 Å². The number of halogens is 1. The molecule has 0 saturated carbocycles. The number of thiocarbonyl (C=S) groups is 1. The summed E-state index contributed by atoms with van der Waals surface area (Å²) in [6, 6.07) is 4.09. The highest BCUT2D eigenvalue weighted by Gasteiger charge is 2.25. The van der Waals surface area contributed by atoms with Gasteiger partial charge in [0.15, 0.2) is 5.17 Å². The SMILES string of the molecule is CCN(C)C(=O)Oc1cc(F)ccc1C=C1SC(N2CCCCN2)=NC1=S. The van der Waals surface area contributed by atoms with Crippen LogP contribution in [-0.2, 0) is 0 Å². The lowest BCUT2D eigenvalue weighted by Crippen LogP contribution is -2.45. The molecule has 1 aromatic carbocycles. The molecule has 0 atom stereocenters. The molecule has 3 rings (SSSR count). The second-order valence-corrected chi connectivity index (χ2v) is 7.54. The molecule has 1 amide bonds. The van der Waals surface area contributed by atoms with Gasteiger partial charge in [-0.2, -0.15) is 0 Å². The topological polar surface area (TPSA) is 57.2 Å². The summed E-state index contributed by atoms with van der Waals surface area (Å²) in [4.78, 5) is 19.1. The Kier molecular flexibility index (Phi) is 6.46. The molecule has 2 heterocycles. The van der Waals surface area contributed by atoms with Crippen LogP contribution in [0.25, 0.3) is 6.08 Å². The summed E-state index contributed by atoms with van der Waals surface area (Å²) in [6.07, 6.45) is 3.47. The van der Waals surface area contributed by atoms with Crippen molar-refractivity contribution in [2.45, 2.75) is 19.8 Å². The van der Waals surface area contributed by atoms with Gasteiger partial charge >= 0.3 is 6.09 Å². The van der Waals surface area contributed by atoms with E-state index in [2.05, 4.69) is 10.4 Å². The van der Waals surface area contributed by atoms with Crippen molar-refractivity contribution in [2.75, 3.05) is 26.7 Å². The van der Waals surface area contributed by atoms with E-state index in [0.29, 0.717) is 17.1 Å². The summed E-state index contributed by atoms with van der Waals surface area (Å²) in [5.41, 5.74) is 3.87. The third kappa shape index (κ3) is 4.85. The lowest BCUT2D eigenvalue weighted by molar-refractivity contribution is 0.165. The van der Waals surface area contributed by atoms with Gasteiger partial charge in [0.25, 0.3) is 0 Å². The van der Waals surface area contributed by atoms with Gasteiger partial charge in [0, 0.05) is 38.3 Å². The van der Waals surface area contributed by atoms with Crippen LogP contribution in [0.15, 0.2) is 28.1 Å². The zero-order chi connectivity index (χ0) is 19.4. The molecular formula is C18H21FN4O2S2. The number of aliphatic imine (C=N–C) groups is 1. The van der Waals surface area contributed by atoms with Crippen molar-refractivity contribution >= 4 is 46.3 Å². The Morgan fingerprint density at radius 3 is 3.04 bits per heavy atom. The van der Waals surface area contributed by atoms with Crippen molar-refractivity contribution in [3.63, 3.8) is 0 Å². The normalized spacial score (nSPS) is 18.6. The first kappa shape index (κ1) is 19.8. The molecule has 1 saturated heterocycles. The molecule has 144 valence electrons.